The largest absolute Gasteiger partial charge is 0.304 e. The summed E-state index contributed by atoms with van der Waals surface area (Å²) in [6.07, 6.45) is 2.77. The molecule has 0 aromatic rings. The lowest BCUT2D eigenvalue weighted by atomic mass is 10.2. The third kappa shape index (κ3) is 1.43. The molecular formula is C8H19NSi. The van der Waals surface area contributed by atoms with Crippen LogP contribution in [0, 0.1) is 0 Å². The average molecular weight is 157 g/mol. The smallest absolute Gasteiger partial charge is 0.0444 e. The molecule has 0 aliphatic carbocycles. The second-order valence-corrected chi connectivity index (χ2v) is 6.50. The van der Waals surface area contributed by atoms with Gasteiger partial charge in [0, 0.05) is 14.7 Å². The van der Waals surface area contributed by atoms with Gasteiger partial charge in [0.25, 0.3) is 0 Å². The molecular weight excluding hydrogens is 138 g/mol. The predicted molar refractivity (Wildman–Crippen MR) is 49.3 cm³/mol. The van der Waals surface area contributed by atoms with Crippen LogP contribution >= 0.6 is 0 Å². The SMILES string of the molecule is CCCN(C)C1(C)CC[SiH2]1. The molecule has 1 nitrogen and oxygen atoms in total. The number of nitrogens with zero attached hydrogens (tertiary/aromatic N) is 1. The van der Waals surface area contributed by atoms with Crippen molar-refractivity contribution in [1.29, 1.82) is 0 Å². The molecule has 0 radical (unpaired) electrons. The van der Waals surface area contributed by atoms with Crippen LogP contribution in [0.15, 0.2) is 0 Å². The molecule has 2 heteroatoms. The maximum Gasteiger partial charge on any atom is 0.0444 e. The van der Waals surface area contributed by atoms with Crippen LogP contribution in [0.4, 0.5) is 0 Å². The average Bonchev–Trinajstić information content (AvgIpc) is 1.83. The molecule has 0 bridgehead atoms. The van der Waals surface area contributed by atoms with E-state index in [2.05, 4.69) is 25.8 Å². The van der Waals surface area contributed by atoms with Crippen LogP contribution in [-0.2, 0) is 0 Å². The standard InChI is InChI=1S/C8H19NSi/c1-4-6-9(3)8(2)5-7-10-8/h4-7,10H2,1-3H3. The van der Waals surface area contributed by atoms with Crippen LogP contribution < -0.4 is 0 Å². The van der Waals surface area contributed by atoms with Gasteiger partial charge >= 0.3 is 0 Å². The molecule has 60 valence electrons. The van der Waals surface area contributed by atoms with Gasteiger partial charge in [-0.2, -0.15) is 0 Å². The van der Waals surface area contributed by atoms with E-state index in [0.717, 1.165) is 0 Å². The van der Waals surface area contributed by atoms with Crippen molar-refractivity contribution in [2.24, 2.45) is 0 Å². The summed E-state index contributed by atoms with van der Waals surface area (Å²) in [6, 6.07) is 1.57. The molecule has 1 saturated heterocycles. The molecule has 1 rings (SSSR count). The van der Waals surface area contributed by atoms with E-state index in [-0.39, 0.29) is 9.52 Å². The molecule has 0 N–H and O–H groups in total. The van der Waals surface area contributed by atoms with Gasteiger partial charge in [-0.05, 0) is 26.4 Å². The van der Waals surface area contributed by atoms with Crippen molar-refractivity contribution in [3.8, 4) is 0 Å². The molecule has 0 aromatic heterocycles. The lowest BCUT2D eigenvalue weighted by molar-refractivity contribution is 0.190. The highest BCUT2D eigenvalue weighted by Gasteiger charge is 2.35. The minimum absolute atomic E-state index is 0.281. The third-order valence-corrected chi connectivity index (χ3v) is 5.59. The zero-order valence-corrected chi connectivity index (χ0v) is 8.90. The van der Waals surface area contributed by atoms with Crippen LogP contribution in [0.25, 0.3) is 0 Å². The van der Waals surface area contributed by atoms with Crippen LogP contribution in [0.1, 0.15) is 26.7 Å². The van der Waals surface area contributed by atoms with E-state index in [1.807, 2.05) is 0 Å². The van der Waals surface area contributed by atoms with Gasteiger partial charge in [-0.15, -0.1) is 0 Å². The summed E-state index contributed by atoms with van der Waals surface area (Å²) in [4.78, 5) is 2.57. The Morgan fingerprint density at radius 1 is 1.60 bits per heavy atom. The van der Waals surface area contributed by atoms with Gasteiger partial charge < -0.3 is 4.90 Å². The summed E-state index contributed by atoms with van der Waals surface area (Å²) in [7, 11) is 2.57. The van der Waals surface area contributed by atoms with Gasteiger partial charge in [0.1, 0.15) is 0 Å². The van der Waals surface area contributed by atoms with Crippen molar-refractivity contribution < 1.29 is 0 Å². The Labute approximate surface area is 66.6 Å². The van der Waals surface area contributed by atoms with Crippen molar-refractivity contribution in [3.63, 3.8) is 0 Å². The van der Waals surface area contributed by atoms with E-state index in [9.17, 15) is 0 Å². The highest BCUT2D eigenvalue weighted by molar-refractivity contribution is 6.44. The Bertz CT molecular complexity index is 110. The molecule has 1 heterocycles. The first-order valence-corrected chi connectivity index (χ1v) is 6.11. The van der Waals surface area contributed by atoms with Crippen LogP contribution in [0.3, 0.4) is 0 Å². The Morgan fingerprint density at radius 2 is 2.20 bits per heavy atom. The van der Waals surface area contributed by atoms with Crippen molar-refractivity contribution in [1.82, 2.24) is 4.90 Å². The summed E-state index contributed by atoms with van der Waals surface area (Å²) < 4.78 is 0. The summed E-state index contributed by atoms with van der Waals surface area (Å²) >= 11 is 0. The first-order chi connectivity index (χ1) is 4.69. The van der Waals surface area contributed by atoms with Crippen LogP contribution in [0.2, 0.25) is 6.04 Å². The Kier molecular flexibility index (Phi) is 2.53. The van der Waals surface area contributed by atoms with Crippen LogP contribution in [-0.4, -0.2) is 33.2 Å². The van der Waals surface area contributed by atoms with E-state index in [1.54, 1.807) is 6.04 Å². The van der Waals surface area contributed by atoms with Gasteiger partial charge in [0.05, 0.1) is 0 Å². The minimum atomic E-state index is 0.281. The summed E-state index contributed by atoms with van der Waals surface area (Å²) in [5, 5.41) is 0.704. The fourth-order valence-electron chi connectivity index (χ4n) is 1.68. The van der Waals surface area contributed by atoms with E-state index in [4.69, 9.17) is 0 Å². The second-order valence-electron chi connectivity index (χ2n) is 3.77. The number of rotatable bonds is 3. The van der Waals surface area contributed by atoms with E-state index in [1.165, 1.54) is 19.4 Å². The normalized spacial score (nSPS) is 34.8. The first kappa shape index (κ1) is 8.28. The molecule has 10 heavy (non-hydrogen) atoms. The number of hydrogen-bond acceptors (Lipinski definition) is 1. The van der Waals surface area contributed by atoms with Gasteiger partial charge in [-0.1, -0.05) is 19.9 Å². The summed E-state index contributed by atoms with van der Waals surface area (Å²) in [5.74, 6) is 0. The Hall–Kier alpha value is 0.177. The van der Waals surface area contributed by atoms with Crippen LogP contribution in [0.5, 0.6) is 0 Å². The van der Waals surface area contributed by atoms with Crippen molar-refractivity contribution in [3.05, 3.63) is 0 Å². The van der Waals surface area contributed by atoms with Gasteiger partial charge in [-0.3, -0.25) is 0 Å². The summed E-state index contributed by atoms with van der Waals surface area (Å²) in [6.45, 7) is 6.00. The van der Waals surface area contributed by atoms with Gasteiger partial charge in [0.2, 0.25) is 0 Å². The molecule has 0 amide bonds. The van der Waals surface area contributed by atoms with E-state index in [0.29, 0.717) is 5.16 Å². The molecule has 1 aliphatic rings. The highest BCUT2D eigenvalue weighted by Crippen LogP contribution is 2.29. The molecule has 1 unspecified atom stereocenters. The lowest BCUT2D eigenvalue weighted by Crippen LogP contribution is -2.55. The first-order valence-electron chi connectivity index (χ1n) is 4.40. The highest BCUT2D eigenvalue weighted by atomic mass is 28.2. The molecule has 0 spiro atoms. The van der Waals surface area contributed by atoms with E-state index >= 15 is 0 Å². The third-order valence-electron chi connectivity index (χ3n) is 2.91. The zero-order valence-electron chi connectivity index (χ0n) is 7.48. The van der Waals surface area contributed by atoms with Gasteiger partial charge in [-0.25, -0.2) is 0 Å². The lowest BCUT2D eigenvalue weighted by Gasteiger charge is -2.46. The quantitative estimate of drug-likeness (QED) is 0.553. The fourth-order valence-corrected chi connectivity index (χ4v) is 3.59. The maximum absolute atomic E-state index is 2.57. The predicted octanol–water partition coefficient (Wildman–Crippen LogP) is 1.04. The Morgan fingerprint density at radius 3 is 2.50 bits per heavy atom. The molecule has 1 fully saturated rings. The molecule has 1 atom stereocenters. The monoisotopic (exact) mass is 157 g/mol. The fraction of sp³-hybridized carbons (Fsp3) is 1.00. The molecule has 0 aromatic carbocycles. The van der Waals surface area contributed by atoms with Gasteiger partial charge in [0.15, 0.2) is 0 Å². The minimum Gasteiger partial charge on any atom is -0.304 e. The topological polar surface area (TPSA) is 3.24 Å². The van der Waals surface area contributed by atoms with Crippen molar-refractivity contribution in [2.45, 2.75) is 37.9 Å². The van der Waals surface area contributed by atoms with Crippen molar-refractivity contribution >= 4 is 9.52 Å². The molecule has 0 saturated carbocycles. The summed E-state index contributed by atoms with van der Waals surface area (Å²) in [5.41, 5.74) is 0. The number of hydrogen-bond donors (Lipinski definition) is 0. The Balaban J connectivity index is 2.31. The van der Waals surface area contributed by atoms with E-state index < -0.39 is 0 Å². The van der Waals surface area contributed by atoms with Crippen molar-refractivity contribution in [2.75, 3.05) is 13.6 Å². The second kappa shape index (κ2) is 3.05. The zero-order chi connectivity index (χ0) is 7.61. The molecule has 1 aliphatic heterocycles. The maximum atomic E-state index is 2.57.